The van der Waals surface area contributed by atoms with Gasteiger partial charge >= 0.3 is 0 Å². The number of ether oxygens (including phenoxy) is 2. The first-order chi connectivity index (χ1) is 14.5. The van der Waals surface area contributed by atoms with Gasteiger partial charge in [0, 0.05) is 44.4 Å². The number of aromatic nitrogens is 2. The number of benzene rings is 2. The van der Waals surface area contributed by atoms with Crippen LogP contribution in [0.25, 0.3) is 11.1 Å². The Morgan fingerprint density at radius 3 is 2.77 bits per heavy atom. The zero-order valence-electron chi connectivity index (χ0n) is 16.5. The standard InChI is InChI=1S/C22H21N3O4S/c1-24-10-16(8-23-24)15-3-5-21-17(7-15)18-11-25(12-22(18)30(21,26)27)9-14-2-4-19-20(6-14)29-13-28-19/h2-8,10,18,22H,9,11-13H2,1H3/t18-,22-/m0/s1. The summed E-state index contributed by atoms with van der Waals surface area (Å²) in [6.07, 6.45) is 3.76. The van der Waals surface area contributed by atoms with Crippen molar-refractivity contribution < 1.29 is 17.9 Å². The van der Waals surface area contributed by atoms with E-state index in [-0.39, 0.29) is 18.0 Å². The quantitative estimate of drug-likeness (QED) is 0.645. The van der Waals surface area contributed by atoms with E-state index in [2.05, 4.69) is 10.00 Å². The van der Waals surface area contributed by atoms with Crippen LogP contribution in [0.15, 0.2) is 53.7 Å². The Balaban J connectivity index is 1.30. The molecule has 6 rings (SSSR count). The first-order valence-corrected chi connectivity index (χ1v) is 11.5. The number of rotatable bonds is 3. The predicted molar refractivity (Wildman–Crippen MR) is 110 cm³/mol. The Morgan fingerprint density at radius 2 is 1.93 bits per heavy atom. The second kappa shape index (κ2) is 6.33. The highest BCUT2D eigenvalue weighted by molar-refractivity contribution is 7.92. The van der Waals surface area contributed by atoms with Crippen molar-refractivity contribution in [2.75, 3.05) is 19.9 Å². The van der Waals surface area contributed by atoms with Gasteiger partial charge in [0.1, 0.15) is 0 Å². The number of hydrogen-bond donors (Lipinski definition) is 0. The van der Waals surface area contributed by atoms with Crippen LogP contribution in [0.5, 0.6) is 11.5 Å². The fourth-order valence-electron chi connectivity index (χ4n) is 4.90. The van der Waals surface area contributed by atoms with Crippen LogP contribution < -0.4 is 9.47 Å². The maximum Gasteiger partial charge on any atom is 0.231 e. The van der Waals surface area contributed by atoms with E-state index in [9.17, 15) is 8.42 Å². The van der Waals surface area contributed by atoms with Gasteiger partial charge in [-0.25, -0.2) is 8.42 Å². The summed E-state index contributed by atoms with van der Waals surface area (Å²) in [5.41, 5.74) is 4.04. The van der Waals surface area contributed by atoms with Crippen molar-refractivity contribution in [3.05, 3.63) is 59.9 Å². The van der Waals surface area contributed by atoms with E-state index in [4.69, 9.17) is 9.47 Å². The van der Waals surface area contributed by atoms with Crippen molar-refractivity contribution in [1.29, 1.82) is 0 Å². The van der Waals surface area contributed by atoms with Gasteiger partial charge in [0.05, 0.1) is 16.3 Å². The number of hydrogen-bond acceptors (Lipinski definition) is 6. The molecular formula is C22H21N3O4S. The highest BCUT2D eigenvalue weighted by Gasteiger charge is 2.50. The molecule has 0 saturated carbocycles. The highest BCUT2D eigenvalue weighted by atomic mass is 32.2. The summed E-state index contributed by atoms with van der Waals surface area (Å²) in [6, 6.07) is 11.6. The number of fused-ring (bicyclic) bond motifs is 4. The number of sulfone groups is 1. The van der Waals surface area contributed by atoms with Crippen LogP contribution in [0, 0.1) is 0 Å². The summed E-state index contributed by atoms with van der Waals surface area (Å²) in [6.45, 7) is 2.21. The van der Waals surface area contributed by atoms with E-state index in [1.165, 1.54) is 0 Å². The molecule has 0 N–H and O–H groups in total. The van der Waals surface area contributed by atoms with Gasteiger partial charge in [-0.3, -0.25) is 9.58 Å². The van der Waals surface area contributed by atoms with Crippen LogP contribution in [0.2, 0.25) is 0 Å². The van der Waals surface area contributed by atoms with Crippen LogP contribution in [-0.4, -0.2) is 48.2 Å². The largest absolute Gasteiger partial charge is 0.454 e. The average molecular weight is 423 g/mol. The SMILES string of the molecule is Cn1cc(-c2ccc3c(c2)[C@@H]2CN(Cc4ccc5c(c4)OCO5)C[C@@H]2S3(=O)=O)cn1. The van der Waals surface area contributed by atoms with Gasteiger partial charge < -0.3 is 9.47 Å². The van der Waals surface area contributed by atoms with Gasteiger partial charge in [0.25, 0.3) is 0 Å². The lowest BCUT2D eigenvalue weighted by atomic mass is 9.95. The van der Waals surface area contributed by atoms with E-state index in [0.29, 0.717) is 18.0 Å². The van der Waals surface area contributed by atoms with E-state index < -0.39 is 9.84 Å². The first kappa shape index (κ1) is 18.0. The minimum Gasteiger partial charge on any atom is -0.454 e. The Labute approximate surface area is 174 Å². The zero-order chi connectivity index (χ0) is 20.5. The molecule has 0 amide bonds. The number of likely N-dealkylation sites (tertiary alicyclic amines) is 1. The van der Waals surface area contributed by atoms with Crippen molar-refractivity contribution >= 4 is 9.84 Å². The molecule has 0 spiro atoms. The van der Waals surface area contributed by atoms with Crippen molar-refractivity contribution in [3.8, 4) is 22.6 Å². The van der Waals surface area contributed by atoms with E-state index in [1.807, 2.05) is 49.8 Å². The van der Waals surface area contributed by atoms with Crippen LogP contribution in [0.3, 0.4) is 0 Å². The normalized spacial score (nSPS) is 23.5. The minimum absolute atomic E-state index is 0.00404. The molecular weight excluding hydrogens is 402 g/mol. The Morgan fingerprint density at radius 1 is 1.07 bits per heavy atom. The lowest BCUT2D eigenvalue weighted by molar-refractivity contribution is 0.174. The van der Waals surface area contributed by atoms with E-state index >= 15 is 0 Å². The summed E-state index contributed by atoms with van der Waals surface area (Å²) >= 11 is 0. The van der Waals surface area contributed by atoms with Crippen LogP contribution in [-0.2, 0) is 23.4 Å². The number of nitrogens with zero attached hydrogens (tertiary/aromatic N) is 3. The third-order valence-electron chi connectivity index (χ3n) is 6.34. The Kier molecular flexibility index (Phi) is 3.79. The smallest absolute Gasteiger partial charge is 0.231 e. The van der Waals surface area contributed by atoms with Crippen molar-refractivity contribution in [1.82, 2.24) is 14.7 Å². The third-order valence-corrected chi connectivity index (χ3v) is 8.60. The molecule has 1 fully saturated rings. The summed E-state index contributed by atoms with van der Waals surface area (Å²) in [5, 5.41) is 3.85. The van der Waals surface area contributed by atoms with Gasteiger partial charge in [0.15, 0.2) is 21.3 Å². The molecule has 30 heavy (non-hydrogen) atoms. The van der Waals surface area contributed by atoms with E-state index in [0.717, 1.165) is 40.3 Å². The summed E-state index contributed by atoms with van der Waals surface area (Å²) < 4.78 is 39.0. The lowest BCUT2D eigenvalue weighted by Crippen LogP contribution is -2.25. The summed E-state index contributed by atoms with van der Waals surface area (Å²) in [5.74, 6) is 1.51. The Bertz CT molecular complexity index is 1270. The molecule has 1 saturated heterocycles. The van der Waals surface area contributed by atoms with E-state index in [1.54, 1.807) is 10.7 Å². The molecule has 3 aliphatic heterocycles. The van der Waals surface area contributed by atoms with Gasteiger partial charge in [-0.2, -0.15) is 5.10 Å². The molecule has 1 aromatic heterocycles. The molecule has 3 aliphatic rings. The van der Waals surface area contributed by atoms with Crippen LogP contribution >= 0.6 is 0 Å². The highest BCUT2D eigenvalue weighted by Crippen LogP contribution is 2.46. The molecule has 0 bridgehead atoms. The number of aryl methyl sites for hydroxylation is 1. The van der Waals surface area contributed by atoms with Gasteiger partial charge in [-0.1, -0.05) is 12.1 Å². The maximum absolute atomic E-state index is 13.2. The first-order valence-electron chi connectivity index (χ1n) is 9.97. The molecule has 0 radical (unpaired) electrons. The maximum atomic E-state index is 13.2. The molecule has 7 nitrogen and oxygen atoms in total. The topological polar surface area (TPSA) is 73.7 Å². The summed E-state index contributed by atoms with van der Waals surface area (Å²) in [7, 11) is -1.44. The van der Waals surface area contributed by atoms with Crippen molar-refractivity contribution in [3.63, 3.8) is 0 Å². The van der Waals surface area contributed by atoms with Gasteiger partial charge in [-0.15, -0.1) is 0 Å². The van der Waals surface area contributed by atoms with Crippen molar-refractivity contribution in [2.45, 2.75) is 22.6 Å². The zero-order valence-corrected chi connectivity index (χ0v) is 17.3. The molecule has 3 aromatic rings. The molecule has 0 aliphatic carbocycles. The molecule has 2 aromatic carbocycles. The molecule has 4 heterocycles. The molecule has 2 atom stereocenters. The fraction of sp³-hybridized carbons (Fsp3) is 0.318. The minimum atomic E-state index is -3.32. The average Bonchev–Trinajstić information content (AvgIpc) is 3.48. The van der Waals surface area contributed by atoms with Crippen LogP contribution in [0.1, 0.15) is 17.0 Å². The predicted octanol–water partition coefficient (Wildman–Crippen LogP) is 2.57. The lowest BCUT2D eigenvalue weighted by Gasteiger charge is -2.17. The Hall–Kier alpha value is -2.84. The third kappa shape index (κ3) is 2.67. The summed E-state index contributed by atoms with van der Waals surface area (Å²) in [4.78, 5) is 2.72. The molecule has 8 heteroatoms. The molecule has 154 valence electrons. The van der Waals surface area contributed by atoms with Crippen LogP contribution in [0.4, 0.5) is 0 Å². The second-order valence-corrected chi connectivity index (χ2v) is 10.4. The fourth-order valence-corrected chi connectivity index (χ4v) is 7.10. The monoisotopic (exact) mass is 423 g/mol. The van der Waals surface area contributed by atoms with Gasteiger partial charge in [-0.05, 0) is 41.0 Å². The van der Waals surface area contributed by atoms with Crippen molar-refractivity contribution in [2.24, 2.45) is 7.05 Å². The molecule has 0 unspecified atom stereocenters. The second-order valence-electron chi connectivity index (χ2n) is 8.23. The van der Waals surface area contributed by atoms with Gasteiger partial charge in [0.2, 0.25) is 6.79 Å².